The lowest BCUT2D eigenvalue weighted by Gasteiger charge is -2.39. The van der Waals surface area contributed by atoms with Gasteiger partial charge in [-0.3, -0.25) is 9.59 Å². The number of anilines is 1. The maximum absolute atomic E-state index is 11.7. The Balaban J connectivity index is 1.84. The number of nitrogens with zero attached hydrogens (tertiary/aromatic N) is 2. The third-order valence-electron chi connectivity index (χ3n) is 3.95. The second-order valence-corrected chi connectivity index (χ2v) is 5.48. The van der Waals surface area contributed by atoms with Crippen LogP contribution in [0, 0.1) is 0 Å². The minimum atomic E-state index is 0.261. The predicted octanol–water partition coefficient (Wildman–Crippen LogP) is 1.96. The molecule has 2 fully saturated rings. The first-order valence-corrected chi connectivity index (χ1v) is 6.86. The van der Waals surface area contributed by atoms with Crippen LogP contribution in [0.4, 0.5) is 5.69 Å². The first-order chi connectivity index (χ1) is 9.19. The number of fused-ring (bicyclic) bond motifs is 1. The summed E-state index contributed by atoms with van der Waals surface area (Å²) in [6.45, 7) is 2.31. The molecule has 0 aromatic heterocycles. The van der Waals surface area contributed by atoms with Gasteiger partial charge in [0.25, 0.3) is 0 Å². The van der Waals surface area contributed by atoms with Crippen molar-refractivity contribution in [3.8, 4) is 0 Å². The van der Waals surface area contributed by atoms with Crippen molar-refractivity contribution in [3.63, 3.8) is 0 Å². The Morgan fingerprint density at radius 2 is 2.16 bits per heavy atom. The van der Waals surface area contributed by atoms with Gasteiger partial charge in [-0.15, -0.1) is 0 Å². The van der Waals surface area contributed by atoms with E-state index in [1.807, 2.05) is 11.0 Å². The number of hydrogen-bond donors (Lipinski definition) is 0. The molecule has 2 aliphatic heterocycles. The third-order valence-corrected chi connectivity index (χ3v) is 4.19. The Bertz CT molecular complexity index is 532. The number of rotatable bonds is 2. The standard InChI is InChI=1S/C14H15ClN2O2/c15-11-1-3-13(10(7-11)9-18)16-5-6-17-12(8-16)2-4-14(17)19/h1,3,7,9,12H,2,4-6,8H2. The lowest BCUT2D eigenvalue weighted by molar-refractivity contribution is -0.129. The van der Waals surface area contributed by atoms with Crippen molar-refractivity contribution >= 4 is 29.5 Å². The monoisotopic (exact) mass is 278 g/mol. The summed E-state index contributed by atoms with van der Waals surface area (Å²) in [5.41, 5.74) is 1.53. The molecule has 1 unspecified atom stereocenters. The number of aldehydes is 1. The number of halogens is 1. The van der Waals surface area contributed by atoms with Crippen LogP contribution in [0.2, 0.25) is 5.02 Å². The molecule has 2 saturated heterocycles. The summed E-state index contributed by atoms with van der Waals surface area (Å²) in [4.78, 5) is 27.0. The number of amides is 1. The molecule has 0 aliphatic carbocycles. The smallest absolute Gasteiger partial charge is 0.223 e. The van der Waals surface area contributed by atoms with E-state index in [9.17, 15) is 9.59 Å². The van der Waals surface area contributed by atoms with Crippen molar-refractivity contribution < 1.29 is 9.59 Å². The molecule has 2 heterocycles. The molecule has 1 aromatic rings. The van der Waals surface area contributed by atoms with Gasteiger partial charge in [0.15, 0.2) is 6.29 Å². The topological polar surface area (TPSA) is 40.6 Å². The van der Waals surface area contributed by atoms with Crippen LogP contribution < -0.4 is 4.90 Å². The number of carbonyl (C=O) groups is 2. The Morgan fingerprint density at radius 1 is 1.32 bits per heavy atom. The SMILES string of the molecule is O=Cc1cc(Cl)ccc1N1CCN2C(=O)CCC2C1. The van der Waals surface area contributed by atoms with Crippen molar-refractivity contribution in [2.75, 3.05) is 24.5 Å². The molecule has 3 rings (SSSR count). The van der Waals surface area contributed by atoms with Crippen LogP contribution in [-0.2, 0) is 4.79 Å². The molecule has 0 bridgehead atoms. The second-order valence-electron chi connectivity index (χ2n) is 5.05. The molecule has 0 spiro atoms. The van der Waals surface area contributed by atoms with Crippen LogP contribution in [0.3, 0.4) is 0 Å². The van der Waals surface area contributed by atoms with Gasteiger partial charge >= 0.3 is 0 Å². The van der Waals surface area contributed by atoms with E-state index in [0.29, 0.717) is 17.0 Å². The normalized spacial score (nSPS) is 22.6. The van der Waals surface area contributed by atoms with Gasteiger partial charge in [-0.1, -0.05) is 11.6 Å². The van der Waals surface area contributed by atoms with Crippen LogP contribution in [0.15, 0.2) is 18.2 Å². The van der Waals surface area contributed by atoms with Crippen molar-refractivity contribution in [1.29, 1.82) is 0 Å². The molecular formula is C14H15ClN2O2. The Kier molecular flexibility index (Phi) is 3.19. The zero-order valence-corrected chi connectivity index (χ0v) is 11.3. The van der Waals surface area contributed by atoms with E-state index < -0.39 is 0 Å². The summed E-state index contributed by atoms with van der Waals surface area (Å²) >= 11 is 5.91. The molecular weight excluding hydrogens is 264 g/mol. The zero-order valence-electron chi connectivity index (χ0n) is 10.5. The third kappa shape index (κ3) is 2.21. The molecule has 5 heteroatoms. The van der Waals surface area contributed by atoms with Crippen LogP contribution in [0.1, 0.15) is 23.2 Å². The van der Waals surface area contributed by atoms with Gasteiger partial charge in [0.05, 0.1) is 0 Å². The number of benzene rings is 1. The highest BCUT2D eigenvalue weighted by atomic mass is 35.5. The van der Waals surface area contributed by atoms with Crippen molar-refractivity contribution in [1.82, 2.24) is 4.90 Å². The first-order valence-electron chi connectivity index (χ1n) is 6.48. The molecule has 0 saturated carbocycles. The minimum absolute atomic E-state index is 0.261. The van der Waals surface area contributed by atoms with Gasteiger partial charge in [0.1, 0.15) is 0 Å². The van der Waals surface area contributed by atoms with E-state index >= 15 is 0 Å². The van der Waals surface area contributed by atoms with Gasteiger partial charge < -0.3 is 9.80 Å². The van der Waals surface area contributed by atoms with Crippen molar-refractivity contribution in [3.05, 3.63) is 28.8 Å². The van der Waals surface area contributed by atoms with E-state index in [0.717, 1.165) is 38.0 Å². The molecule has 0 N–H and O–H groups in total. The van der Waals surface area contributed by atoms with E-state index in [1.54, 1.807) is 12.1 Å². The van der Waals surface area contributed by atoms with Gasteiger partial charge in [-0.05, 0) is 24.6 Å². The average Bonchev–Trinajstić information content (AvgIpc) is 2.79. The number of hydrogen-bond acceptors (Lipinski definition) is 3. The summed E-state index contributed by atoms with van der Waals surface area (Å²) in [5, 5.41) is 0.570. The maximum Gasteiger partial charge on any atom is 0.223 e. The van der Waals surface area contributed by atoms with Gasteiger partial charge in [0.2, 0.25) is 5.91 Å². The fourth-order valence-corrected chi connectivity index (χ4v) is 3.17. The average molecular weight is 279 g/mol. The van der Waals surface area contributed by atoms with Gasteiger partial charge in [0, 0.05) is 48.4 Å². The largest absolute Gasteiger partial charge is 0.367 e. The van der Waals surface area contributed by atoms with Crippen LogP contribution in [-0.4, -0.2) is 42.8 Å². The van der Waals surface area contributed by atoms with E-state index in [-0.39, 0.29) is 11.9 Å². The van der Waals surface area contributed by atoms with E-state index in [4.69, 9.17) is 11.6 Å². The van der Waals surface area contributed by atoms with Crippen molar-refractivity contribution in [2.24, 2.45) is 0 Å². The number of piperazine rings is 1. The number of carbonyl (C=O) groups excluding carboxylic acids is 2. The van der Waals surface area contributed by atoms with Crippen LogP contribution in [0.5, 0.6) is 0 Å². The summed E-state index contributed by atoms with van der Waals surface area (Å²) in [7, 11) is 0. The first kappa shape index (κ1) is 12.5. The van der Waals surface area contributed by atoms with Gasteiger partial charge in [-0.2, -0.15) is 0 Å². The van der Waals surface area contributed by atoms with Crippen LogP contribution in [0.25, 0.3) is 0 Å². The quantitative estimate of drug-likeness (QED) is 0.777. The highest BCUT2D eigenvalue weighted by Gasteiger charge is 2.35. The van der Waals surface area contributed by atoms with Gasteiger partial charge in [-0.25, -0.2) is 0 Å². The second kappa shape index (κ2) is 4.85. The molecule has 1 aromatic carbocycles. The fourth-order valence-electron chi connectivity index (χ4n) is 2.99. The summed E-state index contributed by atoms with van der Waals surface area (Å²) in [6, 6.07) is 5.67. The Labute approximate surface area is 116 Å². The highest BCUT2D eigenvalue weighted by Crippen LogP contribution is 2.29. The Hall–Kier alpha value is -1.55. The Morgan fingerprint density at radius 3 is 2.95 bits per heavy atom. The zero-order chi connectivity index (χ0) is 13.4. The molecule has 0 radical (unpaired) electrons. The summed E-state index contributed by atoms with van der Waals surface area (Å²) in [5.74, 6) is 0.261. The maximum atomic E-state index is 11.7. The summed E-state index contributed by atoms with van der Waals surface area (Å²) < 4.78 is 0. The minimum Gasteiger partial charge on any atom is -0.367 e. The van der Waals surface area contributed by atoms with Crippen LogP contribution >= 0.6 is 11.6 Å². The highest BCUT2D eigenvalue weighted by molar-refractivity contribution is 6.31. The molecule has 1 atom stereocenters. The molecule has 2 aliphatic rings. The lowest BCUT2D eigenvalue weighted by atomic mass is 10.1. The fraction of sp³-hybridized carbons (Fsp3) is 0.429. The van der Waals surface area contributed by atoms with E-state index in [1.165, 1.54) is 0 Å². The predicted molar refractivity (Wildman–Crippen MR) is 73.8 cm³/mol. The molecule has 1 amide bonds. The summed E-state index contributed by atoms with van der Waals surface area (Å²) in [6.07, 6.45) is 2.41. The molecule has 4 nitrogen and oxygen atoms in total. The van der Waals surface area contributed by atoms with E-state index in [2.05, 4.69) is 4.90 Å². The molecule has 19 heavy (non-hydrogen) atoms. The van der Waals surface area contributed by atoms with Crippen molar-refractivity contribution in [2.45, 2.75) is 18.9 Å². The molecule has 100 valence electrons. The lowest BCUT2D eigenvalue weighted by Crippen LogP contribution is -2.51.